The lowest BCUT2D eigenvalue weighted by Crippen LogP contribution is -2.66. The number of carbonyl (C=O) groups excluding carboxylic acids is 19. The van der Waals surface area contributed by atoms with Gasteiger partial charge in [0, 0.05) is 188 Å². The van der Waals surface area contributed by atoms with Gasteiger partial charge >= 0.3 is 53.7 Å². The smallest absolute Gasteiger partial charge is 0.303 e. The highest BCUT2D eigenvalue weighted by Crippen LogP contribution is 2.32. The van der Waals surface area contributed by atoms with Gasteiger partial charge in [-0.1, -0.05) is 0 Å². The maximum absolute atomic E-state index is 13.0. The van der Waals surface area contributed by atoms with Gasteiger partial charge in [-0.15, -0.1) is 0 Å². The highest BCUT2D eigenvalue weighted by Gasteiger charge is 2.55. The van der Waals surface area contributed by atoms with Gasteiger partial charge < -0.3 is 138 Å². The fraction of sp³-hybridized carbons (Fsp3) is 0.765. The molecule has 0 aromatic rings. The van der Waals surface area contributed by atoms with Crippen LogP contribution in [0.15, 0.2) is 0 Å². The van der Waals surface area contributed by atoms with Crippen LogP contribution in [0.1, 0.15) is 186 Å². The van der Waals surface area contributed by atoms with Gasteiger partial charge in [0.05, 0.1) is 39.6 Å². The Labute approximate surface area is 742 Å². The molecule has 726 valence electrons. The van der Waals surface area contributed by atoms with Crippen LogP contribution in [0.4, 0.5) is 0 Å². The van der Waals surface area contributed by atoms with Crippen molar-refractivity contribution in [2.24, 2.45) is 0 Å². The Balaban J connectivity index is 1.53. The molecule has 0 aromatic heterocycles. The Kier molecular flexibility index (Phi) is 54.1. The molecule has 47 nitrogen and oxygen atoms in total. The molecule has 9 unspecified atom stereocenters. The van der Waals surface area contributed by atoms with Crippen molar-refractivity contribution in [1.29, 1.82) is 0 Å². The molecule has 3 fully saturated rings. The first-order chi connectivity index (χ1) is 60.7. The molecule has 3 aliphatic heterocycles. The van der Waals surface area contributed by atoms with Crippen LogP contribution in [-0.2, 0) is 176 Å². The number of amides is 10. The molecule has 10 N–H and O–H groups in total. The number of hydrogen-bond donors (Lipinski definition) is 10. The summed E-state index contributed by atoms with van der Waals surface area (Å²) in [5.74, 6) is -10.9. The maximum Gasteiger partial charge on any atom is 0.303 e. The van der Waals surface area contributed by atoms with Crippen molar-refractivity contribution in [3.8, 4) is 0 Å². The molecule has 47 heteroatoms. The minimum atomic E-state index is -1.43. The number of rotatable bonds is 61. The van der Waals surface area contributed by atoms with E-state index in [1.54, 1.807) is 0 Å². The summed E-state index contributed by atoms with van der Waals surface area (Å²) in [7, 11) is 0. The van der Waals surface area contributed by atoms with E-state index >= 15 is 0 Å². The van der Waals surface area contributed by atoms with E-state index in [4.69, 9.17) is 85.3 Å². The topological polar surface area (TPSA) is 611 Å². The number of nitrogens with one attached hydrogen (secondary N) is 10. The molecule has 128 heavy (non-hydrogen) atoms. The fourth-order valence-corrected chi connectivity index (χ4v) is 13.1. The average Bonchev–Trinajstić information content (AvgIpc) is 0.795. The van der Waals surface area contributed by atoms with Gasteiger partial charge in [-0.2, -0.15) is 0 Å². The monoisotopic (exact) mass is 1830 g/mol. The molecule has 3 rings (SSSR count). The molecule has 0 radical (unpaired) electrons. The first kappa shape index (κ1) is 112. The summed E-state index contributed by atoms with van der Waals surface area (Å²) >= 11 is 0. The summed E-state index contributed by atoms with van der Waals surface area (Å²) in [6.07, 6.45) is -12.3. The SMILES string of the molecule is CC(=O)NC1C(OC(C)=O)[C@H](OC(C)=O)C(COC(C)=O)O[C@@H]1OCCCCC(=O)NCCCNC(=O)CCOCC(COCCC(=O)NCCCNC(=O)CCCCO[C@H]1OC(COC(C)=O)[C@@H](OC(C)=O)C(OC(C)=O)C1NC(C)=O)(COCCC(=O)NCCCNC(=O)CCCCO[C@@H]1OC(COC(C)=O)[C@H](OC(C)=O)C(OC(C)=O)C1NC(C)=O)NC(C)=O. The van der Waals surface area contributed by atoms with Crippen molar-refractivity contribution in [2.75, 3.05) is 119 Å². The molecule has 3 aliphatic rings. The first-order valence-electron chi connectivity index (χ1n) is 42.4. The quantitative estimate of drug-likeness (QED) is 0.0171. The first-order valence-corrected chi connectivity index (χ1v) is 42.4. The third-order valence-corrected chi connectivity index (χ3v) is 18.4. The van der Waals surface area contributed by atoms with Crippen LogP contribution in [0, 0.1) is 0 Å². The van der Waals surface area contributed by atoms with Gasteiger partial charge in [-0.25, -0.2) is 0 Å². The largest absolute Gasteiger partial charge is 0.463 e. The van der Waals surface area contributed by atoms with E-state index in [0.29, 0.717) is 57.8 Å². The zero-order valence-electron chi connectivity index (χ0n) is 75.1. The standard InChI is InChI=1S/C81H130N10O37/c1-47(92)88-69-75(123-57(11)102)72(120-54(8)99)60(41-117-51(5)96)126-78(69)114-35-17-14-23-63(105)82-29-20-32-85-66(108)26-38-111-44-81(91-50(4)95,45-112-39-27-67(109)86-33-21-30-83-64(106)24-15-18-36-115-79-70(89-48(2)93)76(124-58(12)103)73(121-55(9)100)61(127-79)42-118-52(6)97)46-113-40-28-68(110)87-34-22-31-84-65(107)25-16-19-37-116-80-71(90-49(3)94)77(125-59(13)104)74(122-56(10)101)62(128-80)43-119-53(7)98/h60-62,69-80H,14-46H2,1-13H3,(H,82,105)(H,83,106)(H,84,107)(H,85,108)(H,86,109)(H,87,110)(H,88,92)(H,89,93)(H,90,94)(H,91,95)/t60?,61?,62?,69?,70?,71?,72-,73-,74+,75?,76?,77?,78+,79+,80-,81?/m1/s1. The molecule has 0 aliphatic carbocycles. The van der Waals surface area contributed by atoms with Crippen LogP contribution in [0.25, 0.3) is 0 Å². The summed E-state index contributed by atoms with van der Waals surface area (Å²) in [5.41, 5.74) is -1.43. The average molecular weight is 1840 g/mol. The van der Waals surface area contributed by atoms with Gasteiger partial charge in [0.25, 0.3) is 0 Å². The molecule has 10 amide bonds. The van der Waals surface area contributed by atoms with Crippen LogP contribution in [-0.4, -0.2) is 329 Å². The van der Waals surface area contributed by atoms with E-state index in [-0.39, 0.29) is 155 Å². The lowest BCUT2D eigenvalue weighted by molar-refractivity contribution is -0.277. The van der Waals surface area contributed by atoms with E-state index in [1.165, 1.54) is 27.7 Å². The van der Waals surface area contributed by atoms with Crippen LogP contribution in [0.3, 0.4) is 0 Å². The van der Waals surface area contributed by atoms with E-state index in [0.717, 1.165) is 62.3 Å². The molecular formula is C81H130N10O37. The maximum atomic E-state index is 13.0. The third kappa shape index (κ3) is 48.1. The molecular weight excluding hydrogens is 1700 g/mol. The Hall–Kier alpha value is -10.4. The Morgan fingerprint density at radius 3 is 0.695 bits per heavy atom. The van der Waals surface area contributed by atoms with Crippen LogP contribution >= 0.6 is 0 Å². The highest BCUT2D eigenvalue weighted by atomic mass is 16.7. The van der Waals surface area contributed by atoms with Crippen molar-refractivity contribution in [1.82, 2.24) is 53.2 Å². The summed E-state index contributed by atoms with van der Waals surface area (Å²) in [6.45, 7) is 13.6. The third-order valence-electron chi connectivity index (χ3n) is 18.4. The number of unbranched alkanes of at least 4 members (excludes halogenated alkanes) is 3. The van der Waals surface area contributed by atoms with E-state index < -0.39 is 212 Å². The predicted molar refractivity (Wildman–Crippen MR) is 436 cm³/mol. The molecule has 0 aromatic carbocycles. The van der Waals surface area contributed by atoms with Crippen molar-refractivity contribution >= 4 is 113 Å². The zero-order valence-corrected chi connectivity index (χ0v) is 75.1. The number of ether oxygens (including phenoxy) is 18. The minimum Gasteiger partial charge on any atom is -0.463 e. The fourth-order valence-electron chi connectivity index (χ4n) is 13.1. The van der Waals surface area contributed by atoms with Gasteiger partial charge in [0.1, 0.15) is 61.8 Å². The summed E-state index contributed by atoms with van der Waals surface area (Å²) in [5, 5.41) is 27.2. The lowest BCUT2D eigenvalue weighted by atomic mass is 9.96. The number of carbonyl (C=O) groups is 19. The van der Waals surface area contributed by atoms with Gasteiger partial charge in [0.2, 0.25) is 59.1 Å². The minimum absolute atomic E-state index is 0.00725. The normalized spacial score (nSPS) is 22.1. The predicted octanol–water partition coefficient (Wildman–Crippen LogP) is -2.52. The second kappa shape index (κ2) is 61.9. The van der Waals surface area contributed by atoms with Crippen LogP contribution in [0.2, 0.25) is 0 Å². The number of hydrogen-bond acceptors (Lipinski definition) is 37. The second-order valence-electron chi connectivity index (χ2n) is 30.2. The zero-order chi connectivity index (χ0) is 95.3. The Morgan fingerprint density at radius 2 is 0.484 bits per heavy atom. The molecule has 0 saturated carbocycles. The summed E-state index contributed by atoms with van der Waals surface area (Å²) in [4.78, 5) is 235. The second-order valence-corrected chi connectivity index (χ2v) is 30.2. The Morgan fingerprint density at radius 1 is 0.258 bits per heavy atom. The summed E-state index contributed by atoms with van der Waals surface area (Å²) < 4.78 is 102. The highest BCUT2D eigenvalue weighted by molar-refractivity contribution is 5.80. The van der Waals surface area contributed by atoms with Crippen molar-refractivity contribution in [3.05, 3.63) is 0 Å². The van der Waals surface area contributed by atoms with Crippen LogP contribution < -0.4 is 53.2 Å². The lowest BCUT2D eigenvalue weighted by Gasteiger charge is -2.44. The molecule has 0 spiro atoms. The van der Waals surface area contributed by atoms with Crippen molar-refractivity contribution in [2.45, 2.75) is 284 Å². The van der Waals surface area contributed by atoms with E-state index in [2.05, 4.69) is 53.2 Å². The van der Waals surface area contributed by atoms with Gasteiger partial charge in [-0.05, 0) is 57.8 Å². The van der Waals surface area contributed by atoms with Gasteiger partial charge in [0.15, 0.2) is 55.5 Å². The molecule has 3 saturated heterocycles. The Bertz CT molecular complexity index is 3270. The van der Waals surface area contributed by atoms with Crippen LogP contribution in [0.5, 0.6) is 0 Å². The summed E-state index contributed by atoms with van der Waals surface area (Å²) in [6, 6.07) is -3.49. The number of esters is 9. The van der Waals surface area contributed by atoms with Crippen molar-refractivity contribution in [3.63, 3.8) is 0 Å². The molecule has 0 bridgehead atoms. The molecule has 15 atom stereocenters. The van der Waals surface area contributed by atoms with E-state index in [1.807, 2.05) is 0 Å². The van der Waals surface area contributed by atoms with E-state index in [9.17, 15) is 91.1 Å². The van der Waals surface area contributed by atoms with Gasteiger partial charge in [-0.3, -0.25) is 91.1 Å². The van der Waals surface area contributed by atoms with Crippen molar-refractivity contribution < 1.29 is 176 Å². The molecule has 3 heterocycles.